The molecule has 0 radical (unpaired) electrons. The summed E-state index contributed by atoms with van der Waals surface area (Å²) in [5.74, 6) is 0. The number of fused-ring (bicyclic) bond motifs is 3. The van der Waals surface area contributed by atoms with E-state index in [0.717, 1.165) is 0 Å². The Kier molecular flexibility index (Phi) is 6.91. The maximum Gasteiger partial charge on any atom is -0.00261 e. The summed E-state index contributed by atoms with van der Waals surface area (Å²) in [4.78, 5) is 0. The second-order valence-corrected chi connectivity index (χ2v) is 12.5. The van der Waals surface area contributed by atoms with Crippen LogP contribution in [0.5, 0.6) is 0 Å². The van der Waals surface area contributed by atoms with Gasteiger partial charge in [0.15, 0.2) is 0 Å². The molecule has 0 fully saturated rings. The Labute approximate surface area is 281 Å². The summed E-state index contributed by atoms with van der Waals surface area (Å²) in [6.07, 6.45) is 0. The van der Waals surface area contributed by atoms with Gasteiger partial charge in [0, 0.05) is 0 Å². The summed E-state index contributed by atoms with van der Waals surface area (Å²) >= 11 is 0. The molecule has 48 heavy (non-hydrogen) atoms. The fraction of sp³-hybridized carbons (Fsp3) is 0. The highest BCUT2D eigenvalue weighted by atomic mass is 14.2. The van der Waals surface area contributed by atoms with Gasteiger partial charge in [-0.3, -0.25) is 0 Å². The van der Waals surface area contributed by atoms with Crippen molar-refractivity contribution in [2.45, 2.75) is 0 Å². The van der Waals surface area contributed by atoms with E-state index in [4.69, 9.17) is 0 Å². The standard InChI is InChI=1S/C48H32/c1-3-15-34(16-4-1)46-32-40(28-29-41(46)39-21-13-20-37(31-39)38-27-26-33-14-7-8-19-36(33)30-38)48-44-24-11-9-22-42(44)47(35-17-5-2-6-18-35)43-23-10-12-25-45(43)48/h1-32H. The van der Waals surface area contributed by atoms with Gasteiger partial charge in [-0.25, -0.2) is 0 Å². The van der Waals surface area contributed by atoms with Gasteiger partial charge in [0.05, 0.1) is 0 Å². The van der Waals surface area contributed by atoms with Crippen LogP contribution in [0.2, 0.25) is 0 Å². The third-order valence-electron chi connectivity index (χ3n) is 9.64. The van der Waals surface area contributed by atoms with Gasteiger partial charge in [-0.1, -0.05) is 176 Å². The van der Waals surface area contributed by atoms with Crippen LogP contribution in [0.1, 0.15) is 0 Å². The van der Waals surface area contributed by atoms with Crippen molar-refractivity contribution >= 4 is 32.3 Å². The zero-order valence-electron chi connectivity index (χ0n) is 26.5. The first-order valence-electron chi connectivity index (χ1n) is 16.6. The molecule has 9 aromatic rings. The molecule has 9 rings (SSSR count). The first-order chi connectivity index (χ1) is 23.8. The first-order valence-corrected chi connectivity index (χ1v) is 16.6. The predicted molar refractivity (Wildman–Crippen MR) is 206 cm³/mol. The highest BCUT2D eigenvalue weighted by Gasteiger charge is 2.18. The topological polar surface area (TPSA) is 0 Å². The Morgan fingerprint density at radius 3 is 1.35 bits per heavy atom. The van der Waals surface area contributed by atoms with Crippen LogP contribution in [0.15, 0.2) is 194 Å². The monoisotopic (exact) mass is 608 g/mol. The minimum Gasteiger partial charge on any atom is -0.0622 e. The van der Waals surface area contributed by atoms with E-state index in [0.29, 0.717) is 0 Å². The molecule has 0 bridgehead atoms. The summed E-state index contributed by atoms with van der Waals surface area (Å²) in [5, 5.41) is 7.58. The van der Waals surface area contributed by atoms with Gasteiger partial charge in [0.2, 0.25) is 0 Å². The molecule has 0 N–H and O–H groups in total. The molecule has 0 unspecified atom stereocenters. The van der Waals surface area contributed by atoms with E-state index in [1.54, 1.807) is 0 Å². The van der Waals surface area contributed by atoms with Gasteiger partial charge < -0.3 is 0 Å². The SMILES string of the molecule is c1ccc(-c2cc(-c3c4ccccc4c(-c4ccccc4)c4ccccc34)ccc2-c2cccc(-c3ccc4ccccc4c3)c2)cc1. The van der Waals surface area contributed by atoms with Crippen LogP contribution in [0.4, 0.5) is 0 Å². The third kappa shape index (κ3) is 4.87. The van der Waals surface area contributed by atoms with E-state index in [2.05, 4.69) is 194 Å². The molecule has 0 aliphatic heterocycles. The largest absolute Gasteiger partial charge is 0.0622 e. The molecule has 0 spiro atoms. The molecule has 0 saturated heterocycles. The van der Waals surface area contributed by atoms with Crippen molar-refractivity contribution in [1.82, 2.24) is 0 Å². The zero-order valence-corrected chi connectivity index (χ0v) is 26.5. The molecule has 0 heteroatoms. The van der Waals surface area contributed by atoms with Crippen LogP contribution >= 0.6 is 0 Å². The Bertz CT molecular complexity index is 2540. The van der Waals surface area contributed by atoms with Crippen LogP contribution in [0.25, 0.3) is 88.0 Å². The van der Waals surface area contributed by atoms with Gasteiger partial charge in [-0.05, 0) is 106 Å². The Morgan fingerprint density at radius 1 is 0.208 bits per heavy atom. The Morgan fingerprint density at radius 2 is 0.688 bits per heavy atom. The van der Waals surface area contributed by atoms with Crippen molar-refractivity contribution in [3.05, 3.63) is 194 Å². The van der Waals surface area contributed by atoms with Crippen LogP contribution in [-0.4, -0.2) is 0 Å². The maximum atomic E-state index is 2.41. The molecule has 0 heterocycles. The van der Waals surface area contributed by atoms with Gasteiger partial charge in [0.25, 0.3) is 0 Å². The van der Waals surface area contributed by atoms with Crippen molar-refractivity contribution in [3.8, 4) is 55.6 Å². The van der Waals surface area contributed by atoms with Crippen LogP contribution in [0, 0.1) is 0 Å². The second-order valence-electron chi connectivity index (χ2n) is 12.5. The van der Waals surface area contributed by atoms with Crippen molar-refractivity contribution in [2.24, 2.45) is 0 Å². The maximum absolute atomic E-state index is 2.41. The average molecular weight is 609 g/mol. The smallest absolute Gasteiger partial charge is 0.00261 e. The molecule has 0 atom stereocenters. The third-order valence-corrected chi connectivity index (χ3v) is 9.64. The molecule has 0 amide bonds. The van der Waals surface area contributed by atoms with Gasteiger partial charge in [-0.15, -0.1) is 0 Å². The van der Waals surface area contributed by atoms with Crippen molar-refractivity contribution in [3.63, 3.8) is 0 Å². The summed E-state index contributed by atoms with van der Waals surface area (Å²) < 4.78 is 0. The van der Waals surface area contributed by atoms with Crippen LogP contribution in [0.3, 0.4) is 0 Å². The second kappa shape index (κ2) is 11.8. The fourth-order valence-corrected chi connectivity index (χ4v) is 7.40. The Balaban J connectivity index is 1.26. The van der Waals surface area contributed by atoms with Crippen LogP contribution < -0.4 is 0 Å². The lowest BCUT2D eigenvalue weighted by atomic mass is 9.84. The quantitative estimate of drug-likeness (QED) is 0.171. The van der Waals surface area contributed by atoms with E-state index in [1.165, 1.54) is 88.0 Å². The normalized spacial score (nSPS) is 11.3. The van der Waals surface area contributed by atoms with E-state index in [9.17, 15) is 0 Å². The lowest BCUT2D eigenvalue weighted by Crippen LogP contribution is -1.92. The molecule has 0 aliphatic carbocycles. The van der Waals surface area contributed by atoms with Crippen molar-refractivity contribution in [2.75, 3.05) is 0 Å². The van der Waals surface area contributed by atoms with E-state index >= 15 is 0 Å². The number of rotatable bonds is 5. The molecule has 9 aromatic carbocycles. The van der Waals surface area contributed by atoms with Gasteiger partial charge in [-0.2, -0.15) is 0 Å². The van der Waals surface area contributed by atoms with Gasteiger partial charge >= 0.3 is 0 Å². The molecule has 0 aromatic heterocycles. The van der Waals surface area contributed by atoms with Crippen molar-refractivity contribution in [1.29, 1.82) is 0 Å². The van der Waals surface area contributed by atoms with Crippen molar-refractivity contribution < 1.29 is 0 Å². The molecule has 0 saturated carbocycles. The van der Waals surface area contributed by atoms with Crippen LogP contribution in [-0.2, 0) is 0 Å². The number of hydrogen-bond acceptors (Lipinski definition) is 0. The summed E-state index contributed by atoms with van der Waals surface area (Å²) in [6.45, 7) is 0. The van der Waals surface area contributed by atoms with Gasteiger partial charge in [0.1, 0.15) is 0 Å². The highest BCUT2D eigenvalue weighted by molar-refractivity contribution is 6.21. The molecule has 0 aliphatic rings. The summed E-state index contributed by atoms with van der Waals surface area (Å²) in [7, 11) is 0. The Hall–Kier alpha value is -6.24. The predicted octanol–water partition coefficient (Wildman–Crippen LogP) is 13.5. The van der Waals surface area contributed by atoms with E-state index in [-0.39, 0.29) is 0 Å². The first kappa shape index (κ1) is 28.0. The zero-order chi connectivity index (χ0) is 31.9. The van der Waals surface area contributed by atoms with E-state index in [1.807, 2.05) is 0 Å². The summed E-state index contributed by atoms with van der Waals surface area (Å²) in [5.41, 5.74) is 12.3. The minimum atomic E-state index is 1.21. The molecule has 0 nitrogen and oxygen atoms in total. The number of hydrogen-bond donors (Lipinski definition) is 0. The highest BCUT2D eigenvalue weighted by Crippen LogP contribution is 2.45. The van der Waals surface area contributed by atoms with E-state index < -0.39 is 0 Å². The lowest BCUT2D eigenvalue weighted by Gasteiger charge is -2.19. The number of benzene rings is 9. The summed E-state index contributed by atoms with van der Waals surface area (Å²) in [6, 6.07) is 70.8. The molecular weight excluding hydrogens is 577 g/mol. The minimum absolute atomic E-state index is 1.21. The average Bonchev–Trinajstić information content (AvgIpc) is 3.17. The molecular formula is C48H32. The molecule has 224 valence electrons. The fourth-order valence-electron chi connectivity index (χ4n) is 7.40. The lowest BCUT2D eigenvalue weighted by molar-refractivity contribution is 1.57.